The molecular formula is C8H13NOS. The van der Waals surface area contributed by atoms with Crippen LogP contribution >= 0.6 is 11.3 Å². The van der Waals surface area contributed by atoms with E-state index in [-0.39, 0.29) is 0 Å². The van der Waals surface area contributed by atoms with Crippen LogP contribution in [0.15, 0.2) is 17.5 Å². The summed E-state index contributed by atoms with van der Waals surface area (Å²) in [4.78, 5) is 0. The topological polar surface area (TPSA) is 35.2 Å². The summed E-state index contributed by atoms with van der Waals surface area (Å²) in [6.45, 7) is 1.55. The van der Waals surface area contributed by atoms with Crippen molar-refractivity contribution in [3.63, 3.8) is 0 Å². The SMILES string of the molecule is NCCCCOc1cccs1. The first-order valence-electron chi connectivity index (χ1n) is 3.80. The molecule has 0 atom stereocenters. The highest BCUT2D eigenvalue weighted by Gasteiger charge is 1.91. The molecule has 2 N–H and O–H groups in total. The highest BCUT2D eigenvalue weighted by Crippen LogP contribution is 2.18. The van der Waals surface area contributed by atoms with E-state index in [1.54, 1.807) is 11.3 Å². The van der Waals surface area contributed by atoms with E-state index < -0.39 is 0 Å². The molecule has 0 spiro atoms. The fraction of sp³-hybridized carbons (Fsp3) is 0.500. The highest BCUT2D eigenvalue weighted by molar-refractivity contribution is 7.11. The molecule has 0 aliphatic rings. The average molecular weight is 171 g/mol. The molecule has 0 saturated carbocycles. The molecule has 0 aliphatic heterocycles. The smallest absolute Gasteiger partial charge is 0.173 e. The summed E-state index contributed by atoms with van der Waals surface area (Å²) in [5.74, 6) is 0. The van der Waals surface area contributed by atoms with Gasteiger partial charge in [0.15, 0.2) is 5.06 Å². The number of rotatable bonds is 5. The van der Waals surface area contributed by atoms with E-state index in [2.05, 4.69) is 0 Å². The third-order valence-corrected chi connectivity index (χ3v) is 2.12. The monoisotopic (exact) mass is 171 g/mol. The fourth-order valence-electron chi connectivity index (χ4n) is 0.765. The minimum atomic E-state index is 0.758. The molecule has 1 heterocycles. The summed E-state index contributed by atoms with van der Waals surface area (Å²) in [6, 6.07) is 3.97. The molecule has 3 heteroatoms. The van der Waals surface area contributed by atoms with Gasteiger partial charge >= 0.3 is 0 Å². The van der Waals surface area contributed by atoms with Crippen LogP contribution in [0.25, 0.3) is 0 Å². The van der Waals surface area contributed by atoms with Gasteiger partial charge in [0.25, 0.3) is 0 Å². The first-order valence-corrected chi connectivity index (χ1v) is 4.68. The lowest BCUT2D eigenvalue weighted by atomic mass is 10.3. The molecule has 1 aromatic rings. The predicted octanol–water partition coefficient (Wildman–Crippen LogP) is 1.87. The van der Waals surface area contributed by atoms with E-state index in [9.17, 15) is 0 Å². The Hall–Kier alpha value is -0.540. The summed E-state index contributed by atoms with van der Waals surface area (Å²) in [7, 11) is 0. The molecular weight excluding hydrogens is 158 g/mol. The van der Waals surface area contributed by atoms with Crippen LogP contribution < -0.4 is 10.5 Å². The molecule has 1 aromatic heterocycles. The van der Waals surface area contributed by atoms with Crippen LogP contribution in [0, 0.1) is 0 Å². The van der Waals surface area contributed by atoms with Crippen molar-refractivity contribution in [2.24, 2.45) is 5.73 Å². The first-order chi connectivity index (χ1) is 5.43. The van der Waals surface area contributed by atoms with Crippen LogP contribution in [-0.2, 0) is 0 Å². The van der Waals surface area contributed by atoms with Gasteiger partial charge in [-0.15, -0.1) is 11.3 Å². The highest BCUT2D eigenvalue weighted by atomic mass is 32.1. The molecule has 62 valence electrons. The van der Waals surface area contributed by atoms with Crippen LogP contribution in [-0.4, -0.2) is 13.2 Å². The zero-order valence-electron chi connectivity index (χ0n) is 6.45. The van der Waals surface area contributed by atoms with Gasteiger partial charge < -0.3 is 10.5 Å². The van der Waals surface area contributed by atoms with Gasteiger partial charge in [0.05, 0.1) is 6.61 Å². The molecule has 0 radical (unpaired) electrons. The van der Waals surface area contributed by atoms with Crippen LogP contribution in [0.1, 0.15) is 12.8 Å². The van der Waals surface area contributed by atoms with Crippen LogP contribution in [0.4, 0.5) is 0 Å². The quantitative estimate of drug-likeness (QED) is 0.686. The molecule has 2 nitrogen and oxygen atoms in total. The van der Waals surface area contributed by atoms with Crippen molar-refractivity contribution < 1.29 is 4.74 Å². The van der Waals surface area contributed by atoms with Crippen molar-refractivity contribution in [1.29, 1.82) is 0 Å². The number of thiophene rings is 1. The van der Waals surface area contributed by atoms with E-state index >= 15 is 0 Å². The average Bonchev–Trinajstić information content (AvgIpc) is 2.50. The molecule has 1 rings (SSSR count). The van der Waals surface area contributed by atoms with Gasteiger partial charge in [-0.1, -0.05) is 0 Å². The summed E-state index contributed by atoms with van der Waals surface area (Å²) in [5.41, 5.74) is 5.34. The van der Waals surface area contributed by atoms with Gasteiger partial charge in [-0.3, -0.25) is 0 Å². The molecule has 0 fully saturated rings. The van der Waals surface area contributed by atoms with Crippen molar-refractivity contribution in [1.82, 2.24) is 0 Å². The lowest BCUT2D eigenvalue weighted by Crippen LogP contribution is -2.02. The number of unbranched alkanes of at least 4 members (excludes halogenated alkanes) is 1. The van der Waals surface area contributed by atoms with E-state index in [0.29, 0.717) is 0 Å². The second kappa shape index (κ2) is 5.16. The largest absolute Gasteiger partial charge is 0.484 e. The Morgan fingerprint density at radius 3 is 3.00 bits per heavy atom. The van der Waals surface area contributed by atoms with E-state index in [1.807, 2.05) is 17.5 Å². The van der Waals surface area contributed by atoms with Crippen LogP contribution in [0.3, 0.4) is 0 Å². The second-order valence-electron chi connectivity index (χ2n) is 2.28. The maximum atomic E-state index is 5.41. The molecule has 0 saturated heterocycles. The predicted molar refractivity (Wildman–Crippen MR) is 48.1 cm³/mol. The van der Waals surface area contributed by atoms with Crippen molar-refractivity contribution in [2.45, 2.75) is 12.8 Å². The van der Waals surface area contributed by atoms with Gasteiger partial charge in [0.1, 0.15) is 0 Å². The Morgan fingerprint density at radius 2 is 2.36 bits per heavy atom. The summed E-state index contributed by atoms with van der Waals surface area (Å²) >= 11 is 1.63. The lowest BCUT2D eigenvalue weighted by molar-refractivity contribution is 0.316. The van der Waals surface area contributed by atoms with Gasteiger partial charge in [0.2, 0.25) is 0 Å². The van der Waals surface area contributed by atoms with Crippen LogP contribution in [0.2, 0.25) is 0 Å². The maximum absolute atomic E-state index is 5.41. The third kappa shape index (κ3) is 3.39. The normalized spacial score (nSPS) is 9.91. The minimum absolute atomic E-state index is 0.758. The third-order valence-electron chi connectivity index (χ3n) is 1.34. The Bertz CT molecular complexity index is 174. The fourth-order valence-corrected chi connectivity index (χ4v) is 1.36. The first kappa shape index (κ1) is 8.56. The molecule has 0 aromatic carbocycles. The Balaban J connectivity index is 2.04. The number of ether oxygens (including phenoxy) is 1. The van der Waals surface area contributed by atoms with Gasteiger partial charge in [-0.05, 0) is 36.9 Å². The van der Waals surface area contributed by atoms with E-state index in [4.69, 9.17) is 10.5 Å². The Kier molecular flexibility index (Phi) is 4.01. The molecule has 0 aliphatic carbocycles. The van der Waals surface area contributed by atoms with Crippen molar-refractivity contribution in [2.75, 3.05) is 13.2 Å². The number of nitrogens with two attached hydrogens (primary N) is 1. The molecule has 11 heavy (non-hydrogen) atoms. The van der Waals surface area contributed by atoms with Gasteiger partial charge in [-0.25, -0.2) is 0 Å². The summed E-state index contributed by atoms with van der Waals surface area (Å²) in [5, 5.41) is 3.01. The van der Waals surface area contributed by atoms with Crippen molar-refractivity contribution in [3.8, 4) is 5.06 Å². The summed E-state index contributed by atoms with van der Waals surface area (Å²) in [6.07, 6.45) is 2.10. The Labute approximate surface area is 71.0 Å². The molecule has 0 amide bonds. The number of hydrogen-bond donors (Lipinski definition) is 1. The zero-order chi connectivity index (χ0) is 7.94. The number of hydrogen-bond acceptors (Lipinski definition) is 3. The van der Waals surface area contributed by atoms with Crippen molar-refractivity contribution >= 4 is 11.3 Å². The van der Waals surface area contributed by atoms with E-state index in [0.717, 1.165) is 31.1 Å². The van der Waals surface area contributed by atoms with Crippen molar-refractivity contribution in [3.05, 3.63) is 17.5 Å². The van der Waals surface area contributed by atoms with E-state index in [1.165, 1.54) is 0 Å². The maximum Gasteiger partial charge on any atom is 0.173 e. The standard InChI is InChI=1S/C8H13NOS/c9-5-1-2-6-10-8-4-3-7-11-8/h3-4,7H,1-2,5-6,9H2. The molecule has 0 bridgehead atoms. The zero-order valence-corrected chi connectivity index (χ0v) is 7.27. The van der Waals surface area contributed by atoms with Gasteiger partial charge in [-0.2, -0.15) is 0 Å². The molecule has 0 unspecified atom stereocenters. The summed E-state index contributed by atoms with van der Waals surface area (Å²) < 4.78 is 5.41. The Morgan fingerprint density at radius 1 is 1.45 bits per heavy atom. The van der Waals surface area contributed by atoms with Crippen LogP contribution in [0.5, 0.6) is 5.06 Å². The minimum Gasteiger partial charge on any atom is -0.484 e. The lowest BCUT2D eigenvalue weighted by Gasteiger charge is -2.00. The van der Waals surface area contributed by atoms with Gasteiger partial charge in [0, 0.05) is 0 Å². The second-order valence-corrected chi connectivity index (χ2v) is 3.19.